The van der Waals surface area contributed by atoms with Gasteiger partial charge < -0.3 is 18.8 Å². The quantitative estimate of drug-likeness (QED) is 0.694. The summed E-state index contributed by atoms with van der Waals surface area (Å²) in [5.74, 6) is 0.204. The van der Waals surface area contributed by atoms with Crippen LogP contribution in [-0.2, 0) is 9.53 Å². The second kappa shape index (κ2) is 7.70. The number of fused-ring (bicyclic) bond motifs is 1. The van der Waals surface area contributed by atoms with Crippen molar-refractivity contribution in [1.82, 2.24) is 4.90 Å². The summed E-state index contributed by atoms with van der Waals surface area (Å²) in [5, 5.41) is 0.825. The summed E-state index contributed by atoms with van der Waals surface area (Å²) < 4.78 is 16.9. The van der Waals surface area contributed by atoms with Gasteiger partial charge in [0.2, 0.25) is 0 Å². The molecule has 0 aliphatic carbocycles. The van der Waals surface area contributed by atoms with Gasteiger partial charge in [-0.25, -0.2) is 0 Å². The normalized spacial score (nSPS) is 15.5. The molecule has 1 aliphatic heterocycles. The van der Waals surface area contributed by atoms with Crippen molar-refractivity contribution in [2.75, 3.05) is 20.2 Å². The van der Waals surface area contributed by atoms with Gasteiger partial charge in [0.1, 0.15) is 11.3 Å². The highest BCUT2D eigenvalue weighted by atomic mass is 79.9. The molecule has 1 saturated heterocycles. The summed E-state index contributed by atoms with van der Waals surface area (Å²) in [6, 6.07) is 5.34. The number of piperidine rings is 1. The number of hydrogen-bond donors (Lipinski definition) is 0. The van der Waals surface area contributed by atoms with Gasteiger partial charge in [0.05, 0.1) is 24.5 Å². The van der Waals surface area contributed by atoms with Crippen LogP contribution in [0.4, 0.5) is 0 Å². The fourth-order valence-corrected chi connectivity index (χ4v) is 3.62. The summed E-state index contributed by atoms with van der Waals surface area (Å²) in [6.07, 6.45) is 1.21. The number of carbonyl (C=O) groups is 2. The molecule has 2 heterocycles. The summed E-state index contributed by atoms with van der Waals surface area (Å²) >= 11 is 3.33. The van der Waals surface area contributed by atoms with E-state index in [4.69, 9.17) is 13.9 Å². The first-order chi connectivity index (χ1) is 12.4. The first-order valence-corrected chi connectivity index (χ1v) is 9.45. The number of methoxy groups -OCH3 is 1. The van der Waals surface area contributed by atoms with Crippen molar-refractivity contribution in [2.24, 2.45) is 5.92 Å². The molecule has 1 aromatic carbocycles. The van der Waals surface area contributed by atoms with Gasteiger partial charge in [-0.2, -0.15) is 0 Å². The Balaban J connectivity index is 1.83. The third kappa shape index (κ3) is 3.87. The van der Waals surface area contributed by atoms with Gasteiger partial charge in [-0.3, -0.25) is 9.59 Å². The van der Waals surface area contributed by atoms with Gasteiger partial charge >= 0.3 is 5.97 Å². The van der Waals surface area contributed by atoms with Crippen LogP contribution in [0.15, 0.2) is 27.3 Å². The van der Waals surface area contributed by atoms with Crippen molar-refractivity contribution in [1.29, 1.82) is 0 Å². The molecule has 0 saturated carbocycles. The van der Waals surface area contributed by atoms with E-state index >= 15 is 0 Å². The molecule has 7 heteroatoms. The van der Waals surface area contributed by atoms with Crippen LogP contribution in [0.2, 0.25) is 0 Å². The van der Waals surface area contributed by atoms with Gasteiger partial charge in [0.15, 0.2) is 4.67 Å². The van der Waals surface area contributed by atoms with Crippen molar-refractivity contribution >= 4 is 38.8 Å². The molecule has 1 aromatic heterocycles. The van der Waals surface area contributed by atoms with Gasteiger partial charge in [0, 0.05) is 24.7 Å². The Morgan fingerprint density at radius 1 is 1.23 bits per heavy atom. The van der Waals surface area contributed by atoms with Crippen LogP contribution in [0.25, 0.3) is 11.0 Å². The molecular formula is C19H22BrNO5. The Labute approximate surface area is 160 Å². The van der Waals surface area contributed by atoms with Crippen molar-refractivity contribution in [3.05, 3.63) is 28.4 Å². The molecule has 0 spiro atoms. The number of carbonyl (C=O) groups excluding carboxylic acids is 2. The molecule has 1 fully saturated rings. The second-order valence-electron chi connectivity index (χ2n) is 6.69. The Bertz CT molecular complexity index is 821. The van der Waals surface area contributed by atoms with Crippen molar-refractivity contribution in [3.63, 3.8) is 0 Å². The van der Waals surface area contributed by atoms with E-state index in [-0.39, 0.29) is 23.9 Å². The van der Waals surface area contributed by atoms with Crippen molar-refractivity contribution < 1.29 is 23.5 Å². The first-order valence-electron chi connectivity index (χ1n) is 8.66. The number of rotatable bonds is 4. The lowest BCUT2D eigenvalue weighted by Crippen LogP contribution is -2.40. The highest BCUT2D eigenvalue weighted by molar-refractivity contribution is 9.10. The van der Waals surface area contributed by atoms with E-state index in [0.717, 1.165) is 5.39 Å². The fraction of sp³-hybridized carbons (Fsp3) is 0.474. The van der Waals surface area contributed by atoms with E-state index in [9.17, 15) is 9.59 Å². The average molecular weight is 424 g/mol. The van der Waals surface area contributed by atoms with Crippen molar-refractivity contribution in [2.45, 2.75) is 32.8 Å². The number of halogens is 1. The first kappa shape index (κ1) is 18.8. The average Bonchev–Trinajstić information content (AvgIpc) is 3.00. The predicted molar refractivity (Wildman–Crippen MR) is 100 cm³/mol. The lowest BCUT2D eigenvalue weighted by atomic mass is 9.96. The van der Waals surface area contributed by atoms with E-state index in [1.807, 2.05) is 19.9 Å². The number of hydrogen-bond acceptors (Lipinski definition) is 5. The monoisotopic (exact) mass is 423 g/mol. The van der Waals surface area contributed by atoms with Crippen LogP contribution in [-0.4, -0.2) is 43.1 Å². The minimum absolute atomic E-state index is 0.0203. The Morgan fingerprint density at radius 2 is 1.92 bits per heavy atom. The van der Waals surface area contributed by atoms with E-state index in [2.05, 4.69) is 15.9 Å². The molecule has 3 rings (SSSR count). The summed E-state index contributed by atoms with van der Waals surface area (Å²) in [4.78, 5) is 26.3. The fourth-order valence-electron chi connectivity index (χ4n) is 3.22. The zero-order valence-corrected chi connectivity index (χ0v) is 16.7. The lowest BCUT2D eigenvalue weighted by molar-refractivity contribution is -0.146. The molecular weight excluding hydrogens is 402 g/mol. The maximum Gasteiger partial charge on any atom is 0.308 e. The zero-order chi connectivity index (χ0) is 18.8. The molecule has 0 unspecified atom stereocenters. The van der Waals surface area contributed by atoms with Crippen molar-refractivity contribution in [3.8, 4) is 5.75 Å². The van der Waals surface area contributed by atoms with E-state index in [0.29, 0.717) is 47.5 Å². The number of esters is 1. The van der Waals surface area contributed by atoms with E-state index < -0.39 is 0 Å². The largest absolute Gasteiger partial charge is 0.490 e. The molecule has 0 radical (unpaired) electrons. The Morgan fingerprint density at radius 3 is 2.54 bits per heavy atom. The van der Waals surface area contributed by atoms with Crippen LogP contribution in [0.1, 0.15) is 37.0 Å². The highest BCUT2D eigenvalue weighted by Gasteiger charge is 2.29. The molecule has 2 aromatic rings. The molecule has 26 heavy (non-hydrogen) atoms. The van der Waals surface area contributed by atoms with Crippen LogP contribution < -0.4 is 4.74 Å². The molecule has 6 nitrogen and oxygen atoms in total. The number of likely N-dealkylation sites (tertiary alicyclic amines) is 1. The Hall–Kier alpha value is -2.02. The smallest absolute Gasteiger partial charge is 0.308 e. The topological polar surface area (TPSA) is 69.0 Å². The number of ether oxygens (including phenoxy) is 2. The molecule has 140 valence electrons. The zero-order valence-electron chi connectivity index (χ0n) is 15.1. The third-order valence-corrected chi connectivity index (χ3v) is 4.89. The molecule has 1 aliphatic rings. The standard InChI is InChI=1S/C19H22BrNO5/c1-11(2)25-15-8-13(9-16-14(15)10-17(20)26-16)18(22)21-6-4-12(5-7-21)19(23)24-3/h8-12H,4-7H2,1-3H3. The molecule has 1 amide bonds. The maximum atomic E-state index is 12.9. The predicted octanol–water partition coefficient (Wildman–Crippen LogP) is 4.01. The van der Waals surface area contributed by atoms with Crippen LogP contribution in [0, 0.1) is 5.92 Å². The van der Waals surface area contributed by atoms with Crippen LogP contribution in [0.5, 0.6) is 5.75 Å². The Kier molecular flexibility index (Phi) is 5.55. The van der Waals surface area contributed by atoms with Gasteiger partial charge in [-0.05, 0) is 54.8 Å². The minimum Gasteiger partial charge on any atom is -0.490 e. The number of furan rings is 1. The van der Waals surface area contributed by atoms with Gasteiger partial charge in [-0.15, -0.1) is 0 Å². The van der Waals surface area contributed by atoms with Gasteiger partial charge in [-0.1, -0.05) is 0 Å². The van der Waals surface area contributed by atoms with Crippen LogP contribution >= 0.6 is 15.9 Å². The SMILES string of the molecule is COC(=O)C1CCN(C(=O)c2cc(OC(C)C)c3cc(Br)oc3c2)CC1. The highest BCUT2D eigenvalue weighted by Crippen LogP contribution is 2.34. The minimum atomic E-state index is -0.202. The number of amides is 1. The number of benzene rings is 1. The van der Waals surface area contributed by atoms with Crippen LogP contribution in [0.3, 0.4) is 0 Å². The third-order valence-electron chi connectivity index (χ3n) is 4.50. The second-order valence-corrected chi connectivity index (χ2v) is 7.47. The van der Waals surface area contributed by atoms with E-state index in [1.54, 1.807) is 17.0 Å². The lowest BCUT2D eigenvalue weighted by Gasteiger charge is -2.30. The summed E-state index contributed by atoms with van der Waals surface area (Å²) in [5.41, 5.74) is 1.12. The number of nitrogens with zero attached hydrogens (tertiary/aromatic N) is 1. The summed E-state index contributed by atoms with van der Waals surface area (Å²) in [6.45, 7) is 4.93. The molecule has 0 N–H and O–H groups in total. The van der Waals surface area contributed by atoms with Gasteiger partial charge in [0.25, 0.3) is 5.91 Å². The maximum absolute atomic E-state index is 12.9. The molecule has 0 bridgehead atoms. The summed E-state index contributed by atoms with van der Waals surface area (Å²) in [7, 11) is 1.40. The van der Waals surface area contributed by atoms with E-state index in [1.165, 1.54) is 7.11 Å². The molecule has 0 atom stereocenters.